The first-order valence-electron chi connectivity index (χ1n) is 9.40. The molecular formula is C20H29N3O. The maximum Gasteiger partial charge on any atom is 0.134 e. The second-order valence-electron chi connectivity index (χ2n) is 7.85. The molecule has 0 spiro atoms. The fraction of sp³-hybridized carbons (Fsp3) is 0.600. The Morgan fingerprint density at radius 3 is 2.67 bits per heavy atom. The monoisotopic (exact) mass is 327 g/mol. The zero-order valence-corrected chi connectivity index (χ0v) is 14.8. The molecule has 2 aliphatic rings. The van der Waals surface area contributed by atoms with Gasteiger partial charge in [-0.3, -0.25) is 15.8 Å². The standard InChI is InChI=1S/C20H29N3O/c1-14(2)18-12-19(22-21-18)15-7-9-23(10-8-15)13-17-11-16-5-3-4-6-20(16)24-17/h3-6,11,14-15,18-19,21-22H,7-10,12-13H2,1-2H3. The first-order chi connectivity index (χ1) is 11.7. The summed E-state index contributed by atoms with van der Waals surface area (Å²) >= 11 is 0. The van der Waals surface area contributed by atoms with E-state index in [1.807, 2.05) is 6.07 Å². The Kier molecular flexibility index (Phi) is 4.61. The van der Waals surface area contributed by atoms with E-state index < -0.39 is 0 Å². The first-order valence-corrected chi connectivity index (χ1v) is 9.40. The van der Waals surface area contributed by atoms with Gasteiger partial charge in [0.15, 0.2) is 0 Å². The lowest BCUT2D eigenvalue weighted by molar-refractivity contribution is 0.148. The third kappa shape index (κ3) is 3.37. The number of fused-ring (bicyclic) bond motifs is 1. The highest BCUT2D eigenvalue weighted by atomic mass is 16.3. The fourth-order valence-corrected chi connectivity index (χ4v) is 4.20. The number of piperidine rings is 1. The number of nitrogens with one attached hydrogen (secondary N) is 2. The highest BCUT2D eigenvalue weighted by Crippen LogP contribution is 2.28. The maximum atomic E-state index is 5.97. The number of hydrogen-bond donors (Lipinski definition) is 2. The van der Waals surface area contributed by atoms with Crippen molar-refractivity contribution < 1.29 is 4.42 Å². The molecule has 0 amide bonds. The summed E-state index contributed by atoms with van der Waals surface area (Å²) in [6.07, 6.45) is 3.83. The second-order valence-corrected chi connectivity index (χ2v) is 7.85. The van der Waals surface area contributed by atoms with Gasteiger partial charge in [0.2, 0.25) is 0 Å². The summed E-state index contributed by atoms with van der Waals surface area (Å²) in [5, 5.41) is 1.21. The van der Waals surface area contributed by atoms with Crippen molar-refractivity contribution >= 4 is 11.0 Å². The number of furan rings is 1. The van der Waals surface area contributed by atoms with Crippen LogP contribution in [-0.2, 0) is 6.54 Å². The van der Waals surface area contributed by atoms with E-state index in [4.69, 9.17) is 4.42 Å². The van der Waals surface area contributed by atoms with Crippen LogP contribution in [0.1, 0.15) is 38.9 Å². The van der Waals surface area contributed by atoms with E-state index in [0.717, 1.165) is 23.8 Å². The molecule has 0 aliphatic carbocycles. The largest absolute Gasteiger partial charge is 0.460 e. The molecule has 0 radical (unpaired) electrons. The minimum atomic E-state index is 0.628. The molecular weight excluding hydrogens is 298 g/mol. The lowest BCUT2D eigenvalue weighted by Crippen LogP contribution is -2.42. The van der Waals surface area contributed by atoms with E-state index in [1.54, 1.807) is 0 Å². The molecule has 24 heavy (non-hydrogen) atoms. The molecule has 2 aromatic rings. The van der Waals surface area contributed by atoms with E-state index in [1.165, 1.54) is 37.7 Å². The average Bonchev–Trinajstić information content (AvgIpc) is 3.22. The number of rotatable bonds is 4. The van der Waals surface area contributed by atoms with Crippen LogP contribution in [0.2, 0.25) is 0 Å². The minimum Gasteiger partial charge on any atom is -0.460 e. The van der Waals surface area contributed by atoms with Crippen molar-refractivity contribution in [1.82, 2.24) is 15.8 Å². The topological polar surface area (TPSA) is 40.4 Å². The smallest absolute Gasteiger partial charge is 0.134 e. The van der Waals surface area contributed by atoms with Gasteiger partial charge in [-0.05, 0) is 56.3 Å². The first kappa shape index (κ1) is 16.1. The maximum absolute atomic E-state index is 5.97. The summed E-state index contributed by atoms with van der Waals surface area (Å²) in [6.45, 7) is 7.89. The Morgan fingerprint density at radius 2 is 1.96 bits per heavy atom. The van der Waals surface area contributed by atoms with Crippen LogP contribution in [0.3, 0.4) is 0 Å². The Balaban J connectivity index is 1.30. The molecule has 130 valence electrons. The Morgan fingerprint density at radius 1 is 1.17 bits per heavy atom. The third-order valence-electron chi connectivity index (χ3n) is 5.82. The number of para-hydroxylation sites is 1. The molecule has 2 atom stereocenters. The normalized spacial score (nSPS) is 26.6. The molecule has 4 heteroatoms. The molecule has 2 aliphatic heterocycles. The molecule has 4 nitrogen and oxygen atoms in total. The number of likely N-dealkylation sites (tertiary alicyclic amines) is 1. The predicted molar refractivity (Wildman–Crippen MR) is 97.5 cm³/mol. The summed E-state index contributed by atoms with van der Waals surface area (Å²) < 4.78 is 5.97. The van der Waals surface area contributed by atoms with Crippen LogP contribution in [0.4, 0.5) is 0 Å². The Labute approximate surface area is 144 Å². The Bertz CT molecular complexity index is 639. The summed E-state index contributed by atoms with van der Waals surface area (Å²) in [7, 11) is 0. The van der Waals surface area contributed by atoms with Crippen molar-refractivity contribution in [3.8, 4) is 0 Å². The molecule has 1 aromatic heterocycles. The van der Waals surface area contributed by atoms with Gasteiger partial charge >= 0.3 is 0 Å². The van der Waals surface area contributed by atoms with Gasteiger partial charge in [0.05, 0.1) is 6.54 Å². The summed E-state index contributed by atoms with van der Waals surface area (Å²) in [5.74, 6) is 2.60. The highest BCUT2D eigenvalue weighted by molar-refractivity contribution is 5.77. The molecule has 2 N–H and O–H groups in total. The molecule has 4 rings (SSSR count). The van der Waals surface area contributed by atoms with Gasteiger partial charge < -0.3 is 4.42 Å². The summed E-state index contributed by atoms with van der Waals surface area (Å²) in [4.78, 5) is 2.54. The third-order valence-corrected chi connectivity index (χ3v) is 5.82. The fourth-order valence-electron chi connectivity index (χ4n) is 4.20. The van der Waals surface area contributed by atoms with Crippen molar-refractivity contribution in [2.75, 3.05) is 13.1 Å². The van der Waals surface area contributed by atoms with Gasteiger partial charge in [-0.25, -0.2) is 0 Å². The van der Waals surface area contributed by atoms with Gasteiger partial charge in [0, 0.05) is 17.5 Å². The van der Waals surface area contributed by atoms with Crippen LogP contribution in [0, 0.1) is 11.8 Å². The number of hydrazine groups is 1. The zero-order chi connectivity index (χ0) is 16.5. The van der Waals surface area contributed by atoms with Crippen molar-refractivity contribution in [3.05, 3.63) is 36.1 Å². The molecule has 1 aromatic carbocycles. The molecule has 2 saturated heterocycles. The van der Waals surface area contributed by atoms with E-state index >= 15 is 0 Å². The lowest BCUT2D eigenvalue weighted by atomic mass is 9.85. The van der Waals surface area contributed by atoms with Crippen molar-refractivity contribution in [1.29, 1.82) is 0 Å². The van der Waals surface area contributed by atoms with Crippen LogP contribution in [-0.4, -0.2) is 30.1 Å². The summed E-state index contributed by atoms with van der Waals surface area (Å²) in [5.41, 5.74) is 8.05. The van der Waals surface area contributed by atoms with E-state index in [0.29, 0.717) is 18.0 Å². The minimum absolute atomic E-state index is 0.628. The average molecular weight is 327 g/mol. The van der Waals surface area contributed by atoms with Crippen LogP contribution >= 0.6 is 0 Å². The van der Waals surface area contributed by atoms with Crippen LogP contribution < -0.4 is 10.9 Å². The van der Waals surface area contributed by atoms with E-state index in [-0.39, 0.29) is 0 Å². The van der Waals surface area contributed by atoms with Gasteiger partial charge in [-0.15, -0.1) is 0 Å². The lowest BCUT2D eigenvalue weighted by Gasteiger charge is -2.34. The van der Waals surface area contributed by atoms with Crippen LogP contribution in [0.15, 0.2) is 34.7 Å². The molecule has 3 heterocycles. The van der Waals surface area contributed by atoms with Crippen molar-refractivity contribution in [2.24, 2.45) is 11.8 Å². The SMILES string of the molecule is CC(C)C1CC(C2CCN(Cc3cc4ccccc4o3)CC2)NN1. The number of hydrogen-bond acceptors (Lipinski definition) is 4. The Hall–Kier alpha value is -1.36. The predicted octanol–water partition coefficient (Wildman–Crippen LogP) is 3.54. The van der Waals surface area contributed by atoms with Crippen LogP contribution in [0.5, 0.6) is 0 Å². The van der Waals surface area contributed by atoms with Crippen LogP contribution in [0.25, 0.3) is 11.0 Å². The molecule has 2 unspecified atom stereocenters. The highest BCUT2D eigenvalue weighted by Gasteiger charge is 2.33. The van der Waals surface area contributed by atoms with E-state index in [2.05, 4.69) is 53.9 Å². The second kappa shape index (κ2) is 6.87. The van der Waals surface area contributed by atoms with Gasteiger partial charge in [-0.2, -0.15) is 0 Å². The number of benzene rings is 1. The number of nitrogens with zero attached hydrogens (tertiary/aromatic N) is 1. The van der Waals surface area contributed by atoms with Crippen molar-refractivity contribution in [3.63, 3.8) is 0 Å². The van der Waals surface area contributed by atoms with Crippen molar-refractivity contribution in [2.45, 2.75) is 51.7 Å². The molecule has 2 fully saturated rings. The summed E-state index contributed by atoms with van der Waals surface area (Å²) in [6, 6.07) is 11.7. The molecule has 0 bridgehead atoms. The van der Waals surface area contributed by atoms with Gasteiger partial charge in [0.1, 0.15) is 11.3 Å². The van der Waals surface area contributed by atoms with Gasteiger partial charge in [0.25, 0.3) is 0 Å². The quantitative estimate of drug-likeness (QED) is 0.901. The van der Waals surface area contributed by atoms with E-state index in [9.17, 15) is 0 Å². The van der Waals surface area contributed by atoms with Gasteiger partial charge in [-0.1, -0.05) is 32.0 Å². The molecule has 0 saturated carbocycles. The zero-order valence-electron chi connectivity index (χ0n) is 14.8.